The Morgan fingerprint density at radius 2 is 2.12 bits per heavy atom. The fourth-order valence-electron chi connectivity index (χ4n) is 2.64. The van der Waals surface area contributed by atoms with Crippen LogP contribution in [0.5, 0.6) is 17.5 Å². The number of fused-ring (bicyclic) bond motifs is 1. The molecule has 0 aromatic carbocycles. The highest BCUT2D eigenvalue weighted by atomic mass is 16.6. The van der Waals surface area contributed by atoms with E-state index in [0.717, 1.165) is 0 Å². The Balaban J connectivity index is 1.75. The van der Waals surface area contributed by atoms with Gasteiger partial charge in [-0.2, -0.15) is 0 Å². The quantitative estimate of drug-likeness (QED) is 0.885. The molecule has 140 valence electrons. The van der Waals surface area contributed by atoms with Gasteiger partial charge in [-0.15, -0.1) is 0 Å². The third-order valence-electron chi connectivity index (χ3n) is 3.82. The summed E-state index contributed by atoms with van der Waals surface area (Å²) in [7, 11) is 1.50. The van der Waals surface area contributed by atoms with Crippen molar-refractivity contribution in [2.24, 2.45) is 0 Å². The summed E-state index contributed by atoms with van der Waals surface area (Å²) in [6, 6.07) is 1.62. The molecule has 1 saturated heterocycles. The van der Waals surface area contributed by atoms with E-state index in [1.807, 2.05) is 20.8 Å². The second-order valence-corrected chi connectivity index (χ2v) is 7.02. The van der Waals surface area contributed by atoms with Crippen LogP contribution in [0.2, 0.25) is 0 Å². The highest BCUT2D eigenvalue weighted by molar-refractivity contribution is 5.80. The molecule has 3 heterocycles. The van der Waals surface area contributed by atoms with Crippen LogP contribution in [0.4, 0.5) is 4.79 Å². The minimum Gasteiger partial charge on any atom is -0.492 e. The number of nitrogens with zero attached hydrogens (tertiary/aromatic N) is 4. The lowest BCUT2D eigenvalue weighted by molar-refractivity contribution is 0.0274. The molecule has 26 heavy (non-hydrogen) atoms. The molecule has 1 N–H and O–H groups in total. The van der Waals surface area contributed by atoms with E-state index < -0.39 is 5.60 Å². The van der Waals surface area contributed by atoms with Gasteiger partial charge in [0.05, 0.1) is 13.7 Å². The van der Waals surface area contributed by atoms with Crippen molar-refractivity contribution >= 4 is 17.1 Å². The summed E-state index contributed by atoms with van der Waals surface area (Å²) in [4.78, 5) is 25.8. The van der Waals surface area contributed by atoms with Gasteiger partial charge in [-0.1, -0.05) is 0 Å². The predicted octanol–water partition coefficient (Wildman–Crippen LogP) is 2.13. The zero-order valence-electron chi connectivity index (χ0n) is 15.2. The number of carbonyl (C=O) groups is 1. The number of methoxy groups -OCH3 is 1. The van der Waals surface area contributed by atoms with Gasteiger partial charge in [-0.25, -0.2) is 19.7 Å². The maximum Gasteiger partial charge on any atom is 0.410 e. The average Bonchev–Trinajstić information content (AvgIpc) is 3.02. The van der Waals surface area contributed by atoms with Gasteiger partial charge in [0.25, 0.3) is 5.88 Å². The van der Waals surface area contributed by atoms with Crippen LogP contribution >= 0.6 is 0 Å². The molecule has 9 heteroatoms. The van der Waals surface area contributed by atoms with Gasteiger partial charge in [0.1, 0.15) is 23.5 Å². The van der Waals surface area contributed by atoms with Crippen LogP contribution in [0.1, 0.15) is 27.2 Å². The number of likely N-dealkylation sites (tertiary alicyclic amines) is 1. The molecule has 0 unspecified atom stereocenters. The van der Waals surface area contributed by atoms with Crippen molar-refractivity contribution in [3.05, 3.63) is 12.4 Å². The summed E-state index contributed by atoms with van der Waals surface area (Å²) >= 11 is 0. The number of rotatable bonds is 3. The van der Waals surface area contributed by atoms with E-state index in [4.69, 9.17) is 14.2 Å². The molecule has 3 rings (SSSR count). The van der Waals surface area contributed by atoms with Gasteiger partial charge in [0, 0.05) is 19.0 Å². The minimum absolute atomic E-state index is 0.223. The SMILES string of the molecule is COc1cc2ncnc(O)c2nc1O[C@H]1CCN(C(=O)OC(C)(C)C)C1. The molecule has 0 saturated carbocycles. The van der Waals surface area contributed by atoms with Crippen molar-refractivity contribution in [2.45, 2.75) is 38.9 Å². The zero-order valence-corrected chi connectivity index (χ0v) is 15.2. The molecule has 2 aromatic rings. The lowest BCUT2D eigenvalue weighted by atomic mass is 10.2. The van der Waals surface area contributed by atoms with Crippen molar-refractivity contribution in [1.82, 2.24) is 19.9 Å². The predicted molar refractivity (Wildman–Crippen MR) is 92.4 cm³/mol. The standard InChI is InChI=1S/C17H22N4O5/c1-17(2,3)26-16(23)21-6-5-10(8-21)25-15-12(24-4)7-11-13(20-15)14(22)19-9-18-11/h7,9-10H,5-6,8H2,1-4H3,(H,18,19,22)/t10-/m0/s1. The summed E-state index contributed by atoms with van der Waals surface area (Å²) < 4.78 is 16.6. The van der Waals surface area contributed by atoms with Crippen molar-refractivity contribution in [1.29, 1.82) is 0 Å². The second-order valence-electron chi connectivity index (χ2n) is 7.02. The van der Waals surface area contributed by atoms with Gasteiger partial charge in [-0.05, 0) is 20.8 Å². The Morgan fingerprint density at radius 1 is 1.35 bits per heavy atom. The molecular formula is C17H22N4O5. The Kier molecular flexibility index (Phi) is 4.71. The molecule has 1 aliphatic rings. The molecule has 1 fully saturated rings. The Bertz CT molecular complexity index is 821. The second kappa shape index (κ2) is 6.81. The molecule has 9 nitrogen and oxygen atoms in total. The first kappa shape index (κ1) is 18.0. The summed E-state index contributed by atoms with van der Waals surface area (Å²) in [6.45, 7) is 6.40. The minimum atomic E-state index is -0.545. The van der Waals surface area contributed by atoms with Crippen molar-refractivity contribution in [2.75, 3.05) is 20.2 Å². The van der Waals surface area contributed by atoms with E-state index in [9.17, 15) is 9.90 Å². The van der Waals surface area contributed by atoms with Crippen LogP contribution < -0.4 is 9.47 Å². The van der Waals surface area contributed by atoms with Crippen LogP contribution in [-0.4, -0.2) is 63.0 Å². The lowest BCUT2D eigenvalue weighted by Crippen LogP contribution is -2.36. The van der Waals surface area contributed by atoms with Crippen LogP contribution in [0.25, 0.3) is 11.0 Å². The summed E-state index contributed by atoms with van der Waals surface area (Å²) in [5.41, 5.74) is 0.130. The number of hydrogen-bond donors (Lipinski definition) is 1. The lowest BCUT2D eigenvalue weighted by Gasteiger charge is -2.24. The number of aromatic nitrogens is 3. The van der Waals surface area contributed by atoms with Gasteiger partial charge >= 0.3 is 6.09 Å². The fourth-order valence-corrected chi connectivity index (χ4v) is 2.64. The van der Waals surface area contributed by atoms with Gasteiger partial charge in [-0.3, -0.25) is 0 Å². The molecule has 1 atom stereocenters. The van der Waals surface area contributed by atoms with Gasteiger partial charge in [0.2, 0.25) is 5.88 Å². The first-order valence-electron chi connectivity index (χ1n) is 8.30. The smallest absolute Gasteiger partial charge is 0.410 e. The Morgan fingerprint density at radius 3 is 2.81 bits per heavy atom. The zero-order chi connectivity index (χ0) is 18.9. The van der Waals surface area contributed by atoms with Crippen LogP contribution in [0.15, 0.2) is 12.4 Å². The fraction of sp³-hybridized carbons (Fsp3) is 0.529. The molecule has 0 bridgehead atoms. The van der Waals surface area contributed by atoms with Crippen molar-refractivity contribution in [3.8, 4) is 17.5 Å². The van der Waals surface area contributed by atoms with E-state index in [1.165, 1.54) is 13.4 Å². The van der Waals surface area contributed by atoms with E-state index in [1.54, 1.807) is 11.0 Å². The number of aromatic hydroxyl groups is 1. The first-order valence-corrected chi connectivity index (χ1v) is 8.30. The number of pyridine rings is 1. The number of ether oxygens (including phenoxy) is 3. The largest absolute Gasteiger partial charge is 0.492 e. The monoisotopic (exact) mass is 362 g/mol. The summed E-state index contributed by atoms with van der Waals surface area (Å²) in [6.07, 6.45) is 1.26. The van der Waals surface area contributed by atoms with Crippen LogP contribution in [0.3, 0.4) is 0 Å². The molecule has 1 amide bonds. The van der Waals surface area contributed by atoms with E-state index in [-0.39, 0.29) is 29.5 Å². The molecule has 0 radical (unpaired) electrons. The van der Waals surface area contributed by atoms with E-state index >= 15 is 0 Å². The van der Waals surface area contributed by atoms with E-state index in [0.29, 0.717) is 30.8 Å². The topological polar surface area (TPSA) is 107 Å². The van der Waals surface area contributed by atoms with Crippen molar-refractivity contribution in [3.63, 3.8) is 0 Å². The number of hydrogen-bond acceptors (Lipinski definition) is 8. The highest BCUT2D eigenvalue weighted by Gasteiger charge is 2.31. The Hall–Kier alpha value is -2.84. The summed E-state index contributed by atoms with van der Waals surface area (Å²) in [5.74, 6) is 0.386. The molecule has 1 aliphatic heterocycles. The molecular weight excluding hydrogens is 340 g/mol. The number of carbonyl (C=O) groups excluding carboxylic acids is 1. The third-order valence-corrected chi connectivity index (χ3v) is 3.82. The van der Waals surface area contributed by atoms with Crippen LogP contribution in [-0.2, 0) is 4.74 Å². The Labute approximate surface area is 150 Å². The van der Waals surface area contributed by atoms with Crippen LogP contribution in [0, 0.1) is 0 Å². The highest BCUT2D eigenvalue weighted by Crippen LogP contribution is 2.32. The first-order chi connectivity index (χ1) is 12.3. The van der Waals surface area contributed by atoms with Crippen molar-refractivity contribution < 1.29 is 24.1 Å². The van der Waals surface area contributed by atoms with Gasteiger partial charge in [0.15, 0.2) is 11.3 Å². The number of amides is 1. The maximum atomic E-state index is 12.2. The summed E-state index contributed by atoms with van der Waals surface area (Å²) in [5, 5.41) is 9.86. The average molecular weight is 362 g/mol. The van der Waals surface area contributed by atoms with E-state index in [2.05, 4.69) is 15.0 Å². The van der Waals surface area contributed by atoms with Gasteiger partial charge < -0.3 is 24.2 Å². The molecule has 0 aliphatic carbocycles. The normalized spacial score (nSPS) is 17.4. The molecule has 2 aromatic heterocycles. The molecule has 0 spiro atoms. The third kappa shape index (κ3) is 3.87. The maximum absolute atomic E-state index is 12.2.